The third-order valence-electron chi connectivity index (χ3n) is 2.88. The summed E-state index contributed by atoms with van der Waals surface area (Å²) < 4.78 is 0. The van der Waals surface area contributed by atoms with Gasteiger partial charge in [-0.05, 0) is 30.7 Å². The fourth-order valence-corrected chi connectivity index (χ4v) is 2.65. The van der Waals surface area contributed by atoms with Crippen molar-refractivity contribution in [3.63, 3.8) is 0 Å². The van der Waals surface area contributed by atoms with Crippen LogP contribution in [0.2, 0.25) is 0 Å². The van der Waals surface area contributed by atoms with Crippen molar-refractivity contribution in [3.05, 3.63) is 51.7 Å². The normalized spacial score (nSPS) is 10.7. The van der Waals surface area contributed by atoms with E-state index in [0.29, 0.717) is 21.3 Å². The highest BCUT2D eigenvalue weighted by Gasteiger charge is 2.13. The maximum atomic E-state index is 12.3. The van der Waals surface area contributed by atoms with Crippen LogP contribution in [0.25, 0.3) is 6.08 Å². The highest BCUT2D eigenvalue weighted by molar-refractivity contribution is 7.17. The van der Waals surface area contributed by atoms with Crippen molar-refractivity contribution in [1.82, 2.24) is 10.4 Å². The number of rotatable bonds is 6. The van der Waals surface area contributed by atoms with Crippen molar-refractivity contribution < 1.29 is 14.8 Å². The molecule has 0 bridgehead atoms. The van der Waals surface area contributed by atoms with E-state index in [1.54, 1.807) is 19.1 Å². The van der Waals surface area contributed by atoms with Crippen molar-refractivity contribution in [1.29, 1.82) is 0 Å². The van der Waals surface area contributed by atoms with Crippen LogP contribution in [-0.4, -0.2) is 21.9 Å². The Morgan fingerprint density at radius 3 is 2.83 bits per heavy atom. The molecule has 0 aliphatic carbocycles. The van der Waals surface area contributed by atoms with Gasteiger partial charge in [0.2, 0.25) is 11.0 Å². The minimum atomic E-state index is -0.271. The summed E-state index contributed by atoms with van der Waals surface area (Å²) in [6.45, 7) is 3.05. The zero-order valence-electron chi connectivity index (χ0n) is 12.9. The number of carbonyl (C=O) groups excluding carboxylic acids is 2. The van der Waals surface area contributed by atoms with E-state index in [4.69, 9.17) is 5.21 Å². The molecule has 2 rings (SSSR count). The van der Waals surface area contributed by atoms with Gasteiger partial charge < -0.3 is 10.4 Å². The first kappa shape index (κ1) is 17.6. The summed E-state index contributed by atoms with van der Waals surface area (Å²) in [4.78, 5) is 27.7. The highest BCUT2D eigenvalue weighted by atomic mass is 32.1. The molecule has 9 heteroatoms. The minimum Gasteiger partial charge on any atom is -0.733 e. The van der Waals surface area contributed by atoms with Gasteiger partial charge in [-0.3, -0.25) is 25.6 Å². The van der Waals surface area contributed by atoms with E-state index in [1.807, 2.05) is 0 Å². The molecular formula is C15H15N4O4S-. The Balaban J connectivity index is 2.12. The fourth-order valence-electron chi connectivity index (χ4n) is 1.82. The Kier molecular flexibility index (Phi) is 5.64. The summed E-state index contributed by atoms with van der Waals surface area (Å²) in [7, 11) is 0. The first-order valence-corrected chi connectivity index (χ1v) is 7.67. The molecule has 0 saturated heterocycles. The van der Waals surface area contributed by atoms with E-state index in [1.165, 1.54) is 31.2 Å². The quantitative estimate of drug-likeness (QED) is 0.417. The van der Waals surface area contributed by atoms with Crippen LogP contribution in [0.15, 0.2) is 30.3 Å². The van der Waals surface area contributed by atoms with Crippen LogP contribution in [0.3, 0.4) is 0 Å². The number of nitrogens with zero attached hydrogens (tertiary/aromatic N) is 2. The predicted octanol–water partition coefficient (Wildman–Crippen LogP) is 2.50. The Hall–Kier alpha value is -2.75. The van der Waals surface area contributed by atoms with Gasteiger partial charge in [0.05, 0.1) is 16.3 Å². The van der Waals surface area contributed by atoms with Gasteiger partial charge in [-0.15, -0.1) is 0 Å². The predicted molar refractivity (Wildman–Crippen MR) is 91.7 cm³/mol. The van der Waals surface area contributed by atoms with Crippen LogP contribution in [0, 0.1) is 12.1 Å². The molecule has 126 valence electrons. The van der Waals surface area contributed by atoms with Crippen LogP contribution in [-0.2, 0) is 4.79 Å². The topological polar surface area (TPSA) is 118 Å². The lowest BCUT2D eigenvalue weighted by atomic mass is 10.1. The van der Waals surface area contributed by atoms with E-state index in [2.05, 4.69) is 15.8 Å². The molecule has 0 atom stereocenters. The number of aromatic nitrogens is 1. The zero-order valence-corrected chi connectivity index (χ0v) is 13.8. The summed E-state index contributed by atoms with van der Waals surface area (Å²) in [6.07, 6.45) is 2.89. The average molecular weight is 347 g/mol. The lowest BCUT2D eigenvalue weighted by Gasteiger charge is -2.21. The molecule has 0 fully saturated rings. The molecule has 1 aromatic heterocycles. The number of ketones is 1. The van der Waals surface area contributed by atoms with Gasteiger partial charge in [-0.25, -0.2) is 4.98 Å². The number of thiazole rings is 1. The van der Waals surface area contributed by atoms with E-state index in [-0.39, 0.29) is 22.6 Å². The molecule has 0 aliphatic rings. The van der Waals surface area contributed by atoms with Crippen LogP contribution < -0.4 is 16.1 Å². The standard InChI is InChI=1S/C15H15N4O4S/c1-9-14(24-15(16-9)18-17-10(2)20)13(21)7-6-11-4-3-5-12(8-11)19(22)23/h3-8,22H,1-2H3,(H,16,18)(H,17,20)/q-1/b7-6+. The maximum Gasteiger partial charge on any atom is 0.235 e. The third kappa shape index (κ3) is 4.62. The summed E-state index contributed by atoms with van der Waals surface area (Å²) in [5.41, 5.74) is 6.21. The second-order valence-corrected chi connectivity index (χ2v) is 5.80. The number of aryl methyl sites for hydroxylation is 1. The Morgan fingerprint density at radius 1 is 1.42 bits per heavy atom. The van der Waals surface area contributed by atoms with E-state index >= 15 is 0 Å². The first-order valence-electron chi connectivity index (χ1n) is 6.85. The average Bonchev–Trinajstić information content (AvgIpc) is 2.92. The summed E-state index contributed by atoms with van der Waals surface area (Å²) >= 11 is 1.12. The maximum absolute atomic E-state index is 12.3. The molecular weight excluding hydrogens is 332 g/mol. The van der Waals surface area contributed by atoms with E-state index < -0.39 is 0 Å². The smallest absolute Gasteiger partial charge is 0.235 e. The molecule has 24 heavy (non-hydrogen) atoms. The second kappa shape index (κ2) is 7.68. The SMILES string of the molecule is CC(=O)NNc1nc(C)c(C(=O)/C=C/c2cccc(N([O-])O)c2)s1. The number of benzene rings is 1. The number of amides is 1. The molecule has 2 aromatic rings. The molecule has 0 saturated carbocycles. The summed E-state index contributed by atoms with van der Waals surface area (Å²) in [5, 5.41) is 19.9. The first-order chi connectivity index (χ1) is 11.4. The Morgan fingerprint density at radius 2 is 2.17 bits per heavy atom. The third-order valence-corrected chi connectivity index (χ3v) is 3.97. The number of allylic oxidation sites excluding steroid dienone is 1. The Bertz CT molecular complexity index is 786. The van der Waals surface area contributed by atoms with E-state index in [9.17, 15) is 14.8 Å². The highest BCUT2D eigenvalue weighted by Crippen LogP contribution is 2.23. The van der Waals surface area contributed by atoms with Crippen LogP contribution >= 0.6 is 11.3 Å². The Labute approximate surface area is 141 Å². The zero-order chi connectivity index (χ0) is 17.7. The van der Waals surface area contributed by atoms with Gasteiger partial charge in [0.1, 0.15) is 0 Å². The van der Waals surface area contributed by atoms with Crippen LogP contribution in [0.1, 0.15) is 27.9 Å². The lowest BCUT2D eigenvalue weighted by Crippen LogP contribution is -2.26. The van der Waals surface area contributed by atoms with Gasteiger partial charge >= 0.3 is 0 Å². The molecule has 0 radical (unpaired) electrons. The fraction of sp³-hybridized carbons (Fsp3) is 0.133. The van der Waals surface area contributed by atoms with Crippen molar-refractivity contribution in [3.8, 4) is 0 Å². The van der Waals surface area contributed by atoms with Gasteiger partial charge in [0.25, 0.3) is 0 Å². The van der Waals surface area contributed by atoms with Crippen molar-refractivity contribution in [2.24, 2.45) is 0 Å². The number of hydrogen-bond donors (Lipinski definition) is 3. The van der Waals surface area contributed by atoms with Crippen molar-refractivity contribution in [2.75, 3.05) is 10.7 Å². The van der Waals surface area contributed by atoms with Gasteiger partial charge in [-0.1, -0.05) is 29.5 Å². The van der Waals surface area contributed by atoms with Gasteiger partial charge in [-0.2, -0.15) is 0 Å². The molecule has 3 N–H and O–H groups in total. The number of nitrogens with one attached hydrogen (secondary N) is 2. The summed E-state index contributed by atoms with van der Waals surface area (Å²) in [5.74, 6) is -0.527. The monoisotopic (exact) mass is 347 g/mol. The number of hydrazine groups is 1. The van der Waals surface area contributed by atoms with E-state index in [0.717, 1.165) is 11.3 Å². The van der Waals surface area contributed by atoms with Crippen LogP contribution in [0.5, 0.6) is 0 Å². The largest absolute Gasteiger partial charge is 0.733 e. The van der Waals surface area contributed by atoms with Gasteiger partial charge in [0.15, 0.2) is 5.78 Å². The molecule has 1 amide bonds. The van der Waals surface area contributed by atoms with Crippen LogP contribution in [0.4, 0.5) is 10.8 Å². The number of hydrogen-bond acceptors (Lipinski definition) is 8. The molecule has 1 aromatic carbocycles. The molecule has 1 heterocycles. The lowest BCUT2D eigenvalue weighted by molar-refractivity contribution is -0.118. The molecule has 8 nitrogen and oxygen atoms in total. The molecule has 0 aliphatic heterocycles. The van der Waals surface area contributed by atoms with Gasteiger partial charge in [0, 0.05) is 6.92 Å². The minimum absolute atomic E-state index is 0.0698. The number of carbonyl (C=O) groups is 2. The number of anilines is 2. The van der Waals surface area contributed by atoms with Crippen molar-refractivity contribution >= 4 is 39.9 Å². The van der Waals surface area contributed by atoms with Crippen molar-refractivity contribution in [2.45, 2.75) is 13.8 Å². The summed E-state index contributed by atoms with van der Waals surface area (Å²) in [6, 6.07) is 6.17. The second-order valence-electron chi connectivity index (χ2n) is 4.81. The molecule has 0 unspecified atom stereocenters. The molecule has 0 spiro atoms.